The van der Waals surface area contributed by atoms with Crippen LogP contribution in [-0.4, -0.2) is 12.0 Å². The molecule has 0 aliphatic heterocycles. The molecule has 0 saturated heterocycles. The minimum Gasteiger partial charge on any atom is -0.329 e. The first kappa shape index (κ1) is 9.00. The van der Waals surface area contributed by atoms with Crippen LogP contribution in [0, 0.1) is 6.92 Å². The summed E-state index contributed by atoms with van der Waals surface area (Å²) in [6.45, 7) is 3.86. The van der Waals surface area contributed by atoms with Crippen LogP contribution in [0.1, 0.15) is 24.1 Å². The third-order valence-corrected chi connectivity index (χ3v) is 2.04. The molecular weight excluding hydrogens is 152 g/mol. The lowest BCUT2D eigenvalue weighted by Gasteiger charge is -2.09. The Labute approximate surface area is 71.8 Å². The number of aromatic amines is 1. The van der Waals surface area contributed by atoms with Gasteiger partial charge in [-0.25, -0.2) is 0 Å². The van der Waals surface area contributed by atoms with Gasteiger partial charge in [0.2, 0.25) is 0 Å². The van der Waals surface area contributed by atoms with E-state index in [1.165, 1.54) is 0 Å². The van der Waals surface area contributed by atoms with Crippen molar-refractivity contribution in [1.82, 2.24) is 10.3 Å². The van der Waals surface area contributed by atoms with Gasteiger partial charge in [-0.05, 0) is 32.5 Å². The summed E-state index contributed by atoms with van der Waals surface area (Å²) in [5.74, 6) is 0. The summed E-state index contributed by atoms with van der Waals surface area (Å²) in [7, 11) is 1.89. The molecule has 1 aromatic rings. The first-order valence-corrected chi connectivity index (χ1v) is 4.01. The molecule has 66 valence electrons. The first-order chi connectivity index (χ1) is 5.65. The Hall–Kier alpha value is -1.09. The van der Waals surface area contributed by atoms with Gasteiger partial charge in [0.1, 0.15) is 0 Å². The van der Waals surface area contributed by atoms with Gasteiger partial charge < -0.3 is 10.3 Å². The van der Waals surface area contributed by atoms with Crippen molar-refractivity contribution >= 4 is 0 Å². The quantitative estimate of drug-likeness (QED) is 0.687. The van der Waals surface area contributed by atoms with E-state index in [9.17, 15) is 4.79 Å². The van der Waals surface area contributed by atoms with E-state index in [0.717, 1.165) is 11.1 Å². The predicted octanol–water partition coefficient (Wildman–Crippen LogP) is 0.964. The smallest absolute Gasteiger partial charge is 0.250 e. The third-order valence-electron chi connectivity index (χ3n) is 2.04. The summed E-state index contributed by atoms with van der Waals surface area (Å²) in [6.07, 6.45) is 1.75. The molecule has 0 aromatic carbocycles. The van der Waals surface area contributed by atoms with E-state index in [1.54, 1.807) is 6.20 Å². The maximum absolute atomic E-state index is 11.0. The van der Waals surface area contributed by atoms with Crippen LogP contribution in [0.2, 0.25) is 0 Å². The molecule has 3 nitrogen and oxygen atoms in total. The third kappa shape index (κ3) is 1.74. The zero-order valence-corrected chi connectivity index (χ0v) is 7.64. The Morgan fingerprint density at radius 1 is 1.58 bits per heavy atom. The maximum Gasteiger partial charge on any atom is 0.250 e. The Morgan fingerprint density at radius 3 is 2.75 bits per heavy atom. The van der Waals surface area contributed by atoms with Crippen LogP contribution in [0.5, 0.6) is 0 Å². The summed E-state index contributed by atoms with van der Waals surface area (Å²) in [5, 5.41) is 3.11. The second-order valence-corrected chi connectivity index (χ2v) is 2.96. The summed E-state index contributed by atoms with van der Waals surface area (Å²) >= 11 is 0. The van der Waals surface area contributed by atoms with Crippen molar-refractivity contribution in [3.8, 4) is 0 Å². The zero-order valence-electron chi connectivity index (χ0n) is 7.64. The number of aryl methyl sites for hydroxylation is 1. The minimum atomic E-state index is -0.0120. The van der Waals surface area contributed by atoms with Gasteiger partial charge in [-0.1, -0.05) is 0 Å². The lowest BCUT2D eigenvalue weighted by Crippen LogP contribution is -2.16. The van der Waals surface area contributed by atoms with Crippen LogP contribution in [0.3, 0.4) is 0 Å². The second-order valence-electron chi connectivity index (χ2n) is 2.96. The van der Waals surface area contributed by atoms with Crippen LogP contribution < -0.4 is 10.9 Å². The molecule has 0 amide bonds. The summed E-state index contributed by atoms with van der Waals surface area (Å²) in [5.41, 5.74) is 1.85. The molecule has 2 N–H and O–H groups in total. The number of hydrogen-bond acceptors (Lipinski definition) is 2. The van der Waals surface area contributed by atoms with Crippen molar-refractivity contribution in [2.24, 2.45) is 0 Å². The molecule has 0 aliphatic carbocycles. The minimum absolute atomic E-state index is 0.0120. The molecular formula is C9H14N2O. The van der Waals surface area contributed by atoms with Crippen LogP contribution in [-0.2, 0) is 0 Å². The molecule has 1 rings (SSSR count). The van der Waals surface area contributed by atoms with Crippen molar-refractivity contribution in [1.29, 1.82) is 0 Å². The number of nitrogens with one attached hydrogen (secondary N) is 2. The molecule has 0 radical (unpaired) electrons. The molecule has 0 bridgehead atoms. The van der Waals surface area contributed by atoms with Crippen molar-refractivity contribution in [3.05, 3.63) is 33.7 Å². The highest BCUT2D eigenvalue weighted by molar-refractivity contribution is 5.19. The molecule has 0 aliphatic rings. The van der Waals surface area contributed by atoms with Crippen LogP contribution in [0.25, 0.3) is 0 Å². The topological polar surface area (TPSA) is 44.9 Å². The average Bonchev–Trinajstić information content (AvgIpc) is 2.08. The molecule has 12 heavy (non-hydrogen) atoms. The van der Waals surface area contributed by atoms with Gasteiger partial charge in [0.15, 0.2) is 0 Å². The Bertz CT molecular complexity index is 317. The Balaban J connectivity index is 3.04. The largest absolute Gasteiger partial charge is 0.329 e. The van der Waals surface area contributed by atoms with E-state index in [-0.39, 0.29) is 11.6 Å². The maximum atomic E-state index is 11.0. The fourth-order valence-corrected chi connectivity index (χ4v) is 1.04. The number of H-pyrrole nitrogens is 1. The summed E-state index contributed by atoms with van der Waals surface area (Å²) in [4.78, 5) is 13.7. The standard InChI is InChI=1S/C9H14N2O/c1-6-4-8(7(2)10-3)5-11-9(6)12/h4-5,7,10H,1-3H3,(H,11,12)/t7-/m0/s1. The van der Waals surface area contributed by atoms with Gasteiger partial charge in [0.05, 0.1) is 0 Å². The van der Waals surface area contributed by atoms with E-state index in [2.05, 4.69) is 10.3 Å². The lowest BCUT2D eigenvalue weighted by molar-refractivity contribution is 0.648. The highest BCUT2D eigenvalue weighted by atomic mass is 16.1. The van der Waals surface area contributed by atoms with Gasteiger partial charge in [-0.15, -0.1) is 0 Å². The highest BCUT2D eigenvalue weighted by Crippen LogP contribution is 2.08. The molecule has 3 heteroatoms. The number of aromatic nitrogens is 1. The van der Waals surface area contributed by atoms with Gasteiger partial charge in [-0.3, -0.25) is 4.79 Å². The number of rotatable bonds is 2. The van der Waals surface area contributed by atoms with E-state index < -0.39 is 0 Å². The fraction of sp³-hybridized carbons (Fsp3) is 0.444. The molecule has 1 atom stereocenters. The lowest BCUT2D eigenvalue weighted by atomic mass is 10.1. The Kier molecular flexibility index (Phi) is 2.65. The van der Waals surface area contributed by atoms with Gasteiger partial charge >= 0.3 is 0 Å². The Morgan fingerprint density at radius 2 is 2.25 bits per heavy atom. The molecule has 0 fully saturated rings. The van der Waals surface area contributed by atoms with Crippen molar-refractivity contribution in [2.75, 3.05) is 7.05 Å². The average molecular weight is 166 g/mol. The summed E-state index contributed by atoms with van der Waals surface area (Å²) in [6, 6.07) is 2.18. The fourth-order valence-electron chi connectivity index (χ4n) is 1.04. The van der Waals surface area contributed by atoms with Crippen LogP contribution >= 0.6 is 0 Å². The van der Waals surface area contributed by atoms with Crippen LogP contribution in [0.15, 0.2) is 17.1 Å². The second kappa shape index (κ2) is 3.54. The number of hydrogen-bond donors (Lipinski definition) is 2. The normalized spacial score (nSPS) is 12.9. The SMILES string of the molecule is CN[C@@H](C)c1c[nH]c(=O)c(C)c1. The first-order valence-electron chi connectivity index (χ1n) is 4.01. The van der Waals surface area contributed by atoms with Crippen molar-refractivity contribution in [3.63, 3.8) is 0 Å². The van der Waals surface area contributed by atoms with Crippen LogP contribution in [0.4, 0.5) is 0 Å². The van der Waals surface area contributed by atoms with E-state index in [0.29, 0.717) is 0 Å². The van der Waals surface area contributed by atoms with Gasteiger partial charge in [0, 0.05) is 17.8 Å². The van der Waals surface area contributed by atoms with E-state index >= 15 is 0 Å². The molecule has 0 spiro atoms. The monoisotopic (exact) mass is 166 g/mol. The molecule has 0 saturated carbocycles. The zero-order chi connectivity index (χ0) is 9.14. The van der Waals surface area contributed by atoms with E-state index in [1.807, 2.05) is 27.0 Å². The molecule has 1 aromatic heterocycles. The summed E-state index contributed by atoms with van der Waals surface area (Å²) < 4.78 is 0. The van der Waals surface area contributed by atoms with Crippen molar-refractivity contribution < 1.29 is 0 Å². The molecule has 1 heterocycles. The van der Waals surface area contributed by atoms with E-state index in [4.69, 9.17) is 0 Å². The number of pyridine rings is 1. The predicted molar refractivity (Wildman–Crippen MR) is 49.3 cm³/mol. The molecule has 0 unspecified atom stereocenters. The van der Waals surface area contributed by atoms with Gasteiger partial charge in [0.25, 0.3) is 5.56 Å². The van der Waals surface area contributed by atoms with Crippen molar-refractivity contribution in [2.45, 2.75) is 19.9 Å². The van der Waals surface area contributed by atoms with Gasteiger partial charge in [-0.2, -0.15) is 0 Å². The highest BCUT2D eigenvalue weighted by Gasteiger charge is 2.02.